The summed E-state index contributed by atoms with van der Waals surface area (Å²) in [6.45, 7) is 5.65. The topological polar surface area (TPSA) is 63.4 Å². The molecule has 0 saturated carbocycles. The maximum absolute atomic E-state index is 11.6. The van der Waals surface area contributed by atoms with Gasteiger partial charge in [0.2, 0.25) is 10.0 Å². The van der Waals surface area contributed by atoms with Crippen LogP contribution in [-0.2, 0) is 10.0 Å². The van der Waals surface area contributed by atoms with Gasteiger partial charge in [-0.1, -0.05) is 13.8 Å². The van der Waals surface area contributed by atoms with Gasteiger partial charge in [0.15, 0.2) is 0 Å². The minimum absolute atomic E-state index is 0.196. The highest BCUT2D eigenvalue weighted by atomic mass is 32.2. The van der Waals surface area contributed by atoms with Crippen molar-refractivity contribution in [2.24, 2.45) is 17.6 Å². The lowest BCUT2D eigenvalue weighted by Gasteiger charge is -2.37. The average molecular weight is 206 g/mol. The Bertz CT molecular complexity index is 255. The van der Waals surface area contributed by atoms with Crippen molar-refractivity contribution in [3.63, 3.8) is 0 Å². The van der Waals surface area contributed by atoms with Gasteiger partial charge in [-0.3, -0.25) is 0 Å². The normalized spacial score (nSPS) is 20.6. The van der Waals surface area contributed by atoms with Crippen LogP contribution in [0.15, 0.2) is 0 Å². The minimum Gasteiger partial charge on any atom is -0.330 e. The fraction of sp³-hybridized carbons (Fsp3) is 1.00. The molecule has 78 valence electrons. The van der Waals surface area contributed by atoms with E-state index in [9.17, 15) is 8.42 Å². The molecule has 0 unspecified atom stereocenters. The van der Waals surface area contributed by atoms with E-state index in [0.717, 1.165) is 0 Å². The van der Waals surface area contributed by atoms with Gasteiger partial charge in [0.25, 0.3) is 0 Å². The Morgan fingerprint density at radius 3 is 2.38 bits per heavy atom. The Balaban J connectivity index is 2.45. The third-order valence-corrected chi connectivity index (χ3v) is 4.37. The molecule has 1 aliphatic rings. The van der Waals surface area contributed by atoms with Gasteiger partial charge >= 0.3 is 0 Å². The van der Waals surface area contributed by atoms with Gasteiger partial charge in [-0.05, 0) is 18.4 Å². The SMILES string of the molecule is CC(C)CS(=O)(=O)N1CC(CN)C1. The first-order valence-corrected chi connectivity index (χ1v) is 6.24. The van der Waals surface area contributed by atoms with Crippen molar-refractivity contribution in [1.82, 2.24) is 4.31 Å². The molecule has 0 radical (unpaired) electrons. The van der Waals surface area contributed by atoms with Crippen LogP contribution in [0.25, 0.3) is 0 Å². The number of nitrogens with zero attached hydrogens (tertiary/aromatic N) is 1. The summed E-state index contributed by atoms with van der Waals surface area (Å²) in [5.41, 5.74) is 5.42. The molecule has 0 aliphatic carbocycles. The fourth-order valence-electron chi connectivity index (χ4n) is 1.43. The summed E-state index contributed by atoms with van der Waals surface area (Å²) in [6.07, 6.45) is 0. The van der Waals surface area contributed by atoms with Crippen LogP contribution in [0.5, 0.6) is 0 Å². The Hall–Kier alpha value is -0.130. The molecule has 1 saturated heterocycles. The second-order valence-corrected chi connectivity index (χ2v) is 6.10. The summed E-state index contributed by atoms with van der Waals surface area (Å²) < 4.78 is 24.7. The molecule has 4 nitrogen and oxygen atoms in total. The molecule has 0 atom stereocenters. The van der Waals surface area contributed by atoms with Crippen molar-refractivity contribution < 1.29 is 8.42 Å². The third kappa shape index (κ3) is 2.65. The van der Waals surface area contributed by atoms with E-state index in [-0.39, 0.29) is 11.7 Å². The number of hydrogen-bond donors (Lipinski definition) is 1. The lowest BCUT2D eigenvalue weighted by molar-refractivity contribution is 0.206. The Labute approximate surface area is 80.1 Å². The first-order chi connectivity index (χ1) is 5.95. The van der Waals surface area contributed by atoms with Crippen molar-refractivity contribution in [2.75, 3.05) is 25.4 Å². The lowest BCUT2D eigenvalue weighted by Crippen LogP contribution is -2.53. The Kier molecular flexibility index (Phi) is 3.32. The predicted molar refractivity (Wildman–Crippen MR) is 52.7 cm³/mol. The largest absolute Gasteiger partial charge is 0.330 e. The van der Waals surface area contributed by atoms with Gasteiger partial charge in [0.05, 0.1) is 5.75 Å². The van der Waals surface area contributed by atoms with E-state index in [2.05, 4.69) is 0 Å². The minimum atomic E-state index is -2.99. The van der Waals surface area contributed by atoms with Crippen LogP contribution >= 0.6 is 0 Å². The molecule has 0 aromatic rings. The molecule has 2 N–H and O–H groups in total. The van der Waals surface area contributed by atoms with E-state index >= 15 is 0 Å². The second-order valence-electron chi connectivity index (χ2n) is 4.09. The zero-order chi connectivity index (χ0) is 10.1. The maximum Gasteiger partial charge on any atom is 0.214 e. The van der Waals surface area contributed by atoms with Crippen molar-refractivity contribution in [3.8, 4) is 0 Å². The molecule has 0 aromatic carbocycles. The van der Waals surface area contributed by atoms with Gasteiger partial charge < -0.3 is 5.73 Å². The highest BCUT2D eigenvalue weighted by molar-refractivity contribution is 7.89. The van der Waals surface area contributed by atoms with Crippen LogP contribution in [-0.4, -0.2) is 38.1 Å². The zero-order valence-corrected chi connectivity index (χ0v) is 9.05. The summed E-state index contributed by atoms with van der Waals surface area (Å²) in [5, 5.41) is 0. The molecule has 1 heterocycles. The lowest BCUT2D eigenvalue weighted by atomic mass is 10.0. The molecule has 1 rings (SSSR count). The van der Waals surface area contributed by atoms with Crippen molar-refractivity contribution in [1.29, 1.82) is 0 Å². The smallest absolute Gasteiger partial charge is 0.214 e. The molecular formula is C8H18N2O2S. The maximum atomic E-state index is 11.6. The fourth-order valence-corrected chi connectivity index (χ4v) is 3.35. The van der Waals surface area contributed by atoms with Crippen molar-refractivity contribution in [3.05, 3.63) is 0 Å². The van der Waals surface area contributed by atoms with Crippen LogP contribution in [0.3, 0.4) is 0 Å². The van der Waals surface area contributed by atoms with E-state index < -0.39 is 10.0 Å². The van der Waals surface area contributed by atoms with Gasteiger partial charge in [0, 0.05) is 13.1 Å². The Morgan fingerprint density at radius 1 is 1.46 bits per heavy atom. The van der Waals surface area contributed by atoms with E-state index in [1.807, 2.05) is 13.8 Å². The number of hydrogen-bond acceptors (Lipinski definition) is 3. The van der Waals surface area contributed by atoms with Crippen LogP contribution in [0, 0.1) is 11.8 Å². The first-order valence-electron chi connectivity index (χ1n) is 4.63. The van der Waals surface area contributed by atoms with Crippen molar-refractivity contribution >= 4 is 10.0 Å². The second kappa shape index (κ2) is 3.94. The van der Waals surface area contributed by atoms with Gasteiger partial charge in [0.1, 0.15) is 0 Å². The van der Waals surface area contributed by atoms with E-state index in [4.69, 9.17) is 5.73 Å². The standard InChI is InChI=1S/C8H18N2O2S/c1-7(2)6-13(11,12)10-4-8(3-9)5-10/h7-8H,3-6,9H2,1-2H3. The first kappa shape index (κ1) is 10.9. The highest BCUT2D eigenvalue weighted by Gasteiger charge is 2.34. The van der Waals surface area contributed by atoms with E-state index in [1.165, 1.54) is 4.31 Å². The van der Waals surface area contributed by atoms with Gasteiger partial charge in [-0.15, -0.1) is 0 Å². The molecule has 0 bridgehead atoms. The quantitative estimate of drug-likeness (QED) is 0.696. The zero-order valence-electron chi connectivity index (χ0n) is 8.23. The summed E-state index contributed by atoms with van der Waals surface area (Å²) in [5.74, 6) is 0.827. The van der Waals surface area contributed by atoms with Gasteiger partial charge in [-0.25, -0.2) is 12.7 Å². The summed E-state index contributed by atoms with van der Waals surface area (Å²) in [4.78, 5) is 0. The molecule has 1 aliphatic heterocycles. The molecule has 0 aromatic heterocycles. The number of sulfonamides is 1. The number of nitrogens with two attached hydrogens (primary N) is 1. The molecule has 0 amide bonds. The Morgan fingerprint density at radius 2 is 2.00 bits per heavy atom. The molecular weight excluding hydrogens is 188 g/mol. The predicted octanol–water partition coefficient (Wildman–Crippen LogP) is -0.137. The summed E-state index contributed by atoms with van der Waals surface area (Å²) in [7, 11) is -2.99. The summed E-state index contributed by atoms with van der Waals surface area (Å²) >= 11 is 0. The van der Waals surface area contributed by atoms with Crippen LogP contribution in [0.1, 0.15) is 13.8 Å². The van der Waals surface area contributed by atoms with Crippen molar-refractivity contribution in [2.45, 2.75) is 13.8 Å². The number of rotatable bonds is 4. The van der Waals surface area contributed by atoms with Crippen LogP contribution < -0.4 is 5.73 Å². The molecule has 0 spiro atoms. The highest BCUT2D eigenvalue weighted by Crippen LogP contribution is 2.19. The van der Waals surface area contributed by atoms with Crippen LogP contribution in [0.4, 0.5) is 0 Å². The third-order valence-electron chi connectivity index (χ3n) is 2.19. The molecule has 5 heteroatoms. The van der Waals surface area contributed by atoms with E-state index in [0.29, 0.717) is 25.6 Å². The molecule has 1 fully saturated rings. The van der Waals surface area contributed by atoms with E-state index in [1.54, 1.807) is 0 Å². The monoisotopic (exact) mass is 206 g/mol. The molecule has 13 heavy (non-hydrogen) atoms. The summed E-state index contributed by atoms with van der Waals surface area (Å²) in [6, 6.07) is 0. The van der Waals surface area contributed by atoms with Gasteiger partial charge in [-0.2, -0.15) is 0 Å². The average Bonchev–Trinajstić information content (AvgIpc) is 1.79. The van der Waals surface area contributed by atoms with Crippen LogP contribution in [0.2, 0.25) is 0 Å².